The second-order valence-corrected chi connectivity index (χ2v) is 10.5. The fourth-order valence-electron chi connectivity index (χ4n) is 3.92. The largest absolute Gasteiger partial charge is 0.458 e. The average molecular weight is 477 g/mol. The molecule has 0 aromatic carbocycles. The van der Waals surface area contributed by atoms with Crippen molar-refractivity contribution in [3.05, 3.63) is 12.2 Å². The molecule has 1 rings (SSSR count). The maximum atomic E-state index is 12.4. The summed E-state index contributed by atoms with van der Waals surface area (Å²) >= 11 is 0. The molecule has 1 aliphatic carbocycles. The molecule has 0 heterocycles. The van der Waals surface area contributed by atoms with Crippen molar-refractivity contribution in [2.75, 3.05) is 6.61 Å². The van der Waals surface area contributed by atoms with Crippen molar-refractivity contribution >= 4 is 17.5 Å². The zero-order valence-corrected chi connectivity index (χ0v) is 21.6. The van der Waals surface area contributed by atoms with Crippen LogP contribution in [0.15, 0.2) is 12.2 Å². The third kappa shape index (κ3) is 11.0. The molecule has 2 N–H and O–H groups in total. The molecule has 0 aliphatic heterocycles. The molecule has 0 saturated heterocycles. The highest BCUT2D eigenvalue weighted by Crippen LogP contribution is 2.34. The summed E-state index contributed by atoms with van der Waals surface area (Å²) in [5.74, 6) is 5.15. The molecule has 1 saturated carbocycles. The number of carbonyl (C=O) groups is 3. The van der Waals surface area contributed by atoms with Gasteiger partial charge in [-0.15, -0.1) is 11.8 Å². The summed E-state index contributed by atoms with van der Waals surface area (Å²) in [6.45, 7) is 9.13. The fourth-order valence-corrected chi connectivity index (χ4v) is 3.92. The summed E-state index contributed by atoms with van der Waals surface area (Å²) in [6, 6.07) is 0. The van der Waals surface area contributed by atoms with Gasteiger partial charge >= 0.3 is 5.97 Å². The van der Waals surface area contributed by atoms with Crippen LogP contribution in [0.3, 0.4) is 0 Å². The van der Waals surface area contributed by atoms with Gasteiger partial charge in [-0.25, -0.2) is 0 Å². The van der Waals surface area contributed by atoms with Gasteiger partial charge in [0.05, 0.1) is 12.2 Å². The number of aliphatic hydroxyl groups excluding tert-OH is 2. The first-order chi connectivity index (χ1) is 16.0. The van der Waals surface area contributed by atoms with Gasteiger partial charge in [-0.05, 0) is 18.8 Å². The number of ketones is 2. The van der Waals surface area contributed by atoms with E-state index < -0.39 is 17.6 Å². The second-order valence-electron chi connectivity index (χ2n) is 10.5. The summed E-state index contributed by atoms with van der Waals surface area (Å²) < 4.78 is 5.05. The summed E-state index contributed by atoms with van der Waals surface area (Å²) in [5.41, 5.74) is -0.516. The number of unbranched alkanes of at least 4 members (excludes halogenated alkanes) is 3. The molecule has 0 radical (unpaired) electrons. The Kier molecular flexibility index (Phi) is 13.4. The van der Waals surface area contributed by atoms with Crippen LogP contribution in [0.1, 0.15) is 92.4 Å². The van der Waals surface area contributed by atoms with E-state index in [9.17, 15) is 24.6 Å². The second kappa shape index (κ2) is 15.1. The Bertz CT molecular complexity index is 751. The van der Waals surface area contributed by atoms with Crippen LogP contribution in [0.4, 0.5) is 0 Å². The molecular formula is C28H44O6. The van der Waals surface area contributed by atoms with E-state index in [1.165, 1.54) is 0 Å². The van der Waals surface area contributed by atoms with Gasteiger partial charge < -0.3 is 14.9 Å². The van der Waals surface area contributed by atoms with Gasteiger partial charge in [0.2, 0.25) is 0 Å². The zero-order valence-electron chi connectivity index (χ0n) is 21.6. The number of esters is 1. The normalized spacial score (nSPS) is 22.3. The van der Waals surface area contributed by atoms with E-state index in [2.05, 4.69) is 11.8 Å². The number of aliphatic hydroxyl groups is 2. The Morgan fingerprint density at radius 2 is 1.85 bits per heavy atom. The minimum absolute atomic E-state index is 0.0127. The molecule has 0 aromatic rings. The monoisotopic (exact) mass is 476 g/mol. The summed E-state index contributed by atoms with van der Waals surface area (Å²) in [4.78, 5) is 36.0. The van der Waals surface area contributed by atoms with Crippen molar-refractivity contribution in [1.29, 1.82) is 0 Å². The van der Waals surface area contributed by atoms with Gasteiger partial charge in [0, 0.05) is 42.9 Å². The first kappa shape index (κ1) is 30.1. The van der Waals surface area contributed by atoms with E-state index in [4.69, 9.17) is 4.74 Å². The first-order valence-corrected chi connectivity index (χ1v) is 12.7. The van der Waals surface area contributed by atoms with Crippen LogP contribution < -0.4 is 0 Å². The van der Waals surface area contributed by atoms with Gasteiger partial charge in [0.15, 0.2) is 12.4 Å². The summed E-state index contributed by atoms with van der Waals surface area (Å²) in [7, 11) is 0. The van der Waals surface area contributed by atoms with Crippen molar-refractivity contribution < 1.29 is 29.3 Å². The maximum Gasteiger partial charge on any atom is 0.306 e. The molecule has 2 unspecified atom stereocenters. The standard InChI is InChI=1S/C28H44O6/c1-6-7-10-13-20(2)23(29)17-16-22-21(24(30)18-25(22)31)14-11-8-9-12-15-27(33)34-19-26(32)28(3,4)5/h16-17,20-23,25,29,31H,6,8-9,11-15,18-19H2,1-5H3/b17-16+/t20?,21-,22-,23?,25-/m1/s1. The Balaban J connectivity index is 2.37. The quantitative estimate of drug-likeness (QED) is 0.177. The van der Waals surface area contributed by atoms with Gasteiger partial charge in [0.25, 0.3) is 0 Å². The van der Waals surface area contributed by atoms with Crippen LogP contribution >= 0.6 is 0 Å². The van der Waals surface area contributed by atoms with Crippen LogP contribution in [0, 0.1) is 35.0 Å². The number of ether oxygens (including phenoxy) is 1. The van der Waals surface area contributed by atoms with Crippen LogP contribution in [-0.4, -0.2) is 46.6 Å². The smallest absolute Gasteiger partial charge is 0.306 e. The lowest BCUT2D eigenvalue weighted by molar-refractivity contribution is -0.150. The van der Waals surface area contributed by atoms with E-state index in [0.717, 1.165) is 25.7 Å². The first-order valence-electron chi connectivity index (χ1n) is 12.7. The number of hydrogen-bond donors (Lipinski definition) is 2. The summed E-state index contributed by atoms with van der Waals surface area (Å²) in [6.07, 6.45) is 7.88. The van der Waals surface area contributed by atoms with E-state index in [1.54, 1.807) is 26.8 Å². The Hall–Kier alpha value is -1.97. The van der Waals surface area contributed by atoms with Crippen LogP contribution in [0.2, 0.25) is 0 Å². The number of hydrogen-bond acceptors (Lipinski definition) is 6. The van der Waals surface area contributed by atoms with Crippen molar-refractivity contribution in [3.63, 3.8) is 0 Å². The molecule has 0 amide bonds. The predicted molar refractivity (Wildman–Crippen MR) is 133 cm³/mol. The van der Waals surface area contributed by atoms with Gasteiger partial charge in [-0.2, -0.15) is 0 Å². The van der Waals surface area contributed by atoms with E-state index in [0.29, 0.717) is 19.3 Å². The predicted octanol–water partition coefficient (Wildman–Crippen LogP) is 4.41. The topological polar surface area (TPSA) is 101 Å². The highest BCUT2D eigenvalue weighted by Gasteiger charge is 2.39. The fraction of sp³-hybridized carbons (Fsp3) is 0.750. The van der Waals surface area contributed by atoms with Crippen LogP contribution in [0.5, 0.6) is 0 Å². The van der Waals surface area contributed by atoms with Gasteiger partial charge in [-0.3, -0.25) is 14.4 Å². The van der Waals surface area contributed by atoms with E-state index >= 15 is 0 Å². The number of carbonyl (C=O) groups excluding carboxylic acids is 3. The van der Waals surface area contributed by atoms with E-state index in [-0.39, 0.29) is 54.7 Å². The average Bonchev–Trinajstić information content (AvgIpc) is 3.03. The minimum Gasteiger partial charge on any atom is -0.458 e. The van der Waals surface area contributed by atoms with Gasteiger partial charge in [0.1, 0.15) is 5.78 Å². The Morgan fingerprint density at radius 1 is 1.18 bits per heavy atom. The SMILES string of the molecule is CCC#CCC(C)C(O)/C=C/[C@H]1[C@H](O)CC(=O)[C@@H]1CCCCCCC(=O)OCC(=O)C(C)(C)C. The van der Waals surface area contributed by atoms with Crippen molar-refractivity contribution in [2.24, 2.45) is 23.2 Å². The molecule has 34 heavy (non-hydrogen) atoms. The lowest BCUT2D eigenvalue weighted by Gasteiger charge is -2.19. The Morgan fingerprint density at radius 3 is 2.50 bits per heavy atom. The molecule has 0 spiro atoms. The molecule has 5 atom stereocenters. The van der Waals surface area contributed by atoms with Crippen molar-refractivity contribution in [2.45, 2.75) is 105 Å². The highest BCUT2D eigenvalue weighted by atomic mass is 16.5. The number of rotatable bonds is 13. The maximum absolute atomic E-state index is 12.4. The zero-order chi connectivity index (χ0) is 25.7. The molecule has 0 bridgehead atoms. The third-order valence-electron chi connectivity index (χ3n) is 6.42. The van der Waals surface area contributed by atoms with Crippen LogP contribution in [0.25, 0.3) is 0 Å². The molecule has 0 aromatic heterocycles. The lowest BCUT2D eigenvalue weighted by atomic mass is 9.88. The highest BCUT2D eigenvalue weighted by molar-refractivity contribution is 5.86. The molecule has 1 aliphatic rings. The molecule has 192 valence electrons. The molecule has 1 fully saturated rings. The lowest BCUT2D eigenvalue weighted by Crippen LogP contribution is -2.26. The van der Waals surface area contributed by atoms with E-state index in [1.807, 2.05) is 19.9 Å². The number of Topliss-reactive ketones (excluding diaryl/α,β-unsaturated/α-hetero) is 2. The molecule has 6 heteroatoms. The molecular weight excluding hydrogens is 432 g/mol. The Labute approximate surface area is 205 Å². The van der Waals surface area contributed by atoms with Crippen molar-refractivity contribution in [1.82, 2.24) is 0 Å². The van der Waals surface area contributed by atoms with Crippen molar-refractivity contribution in [3.8, 4) is 11.8 Å². The van der Waals surface area contributed by atoms with Crippen LogP contribution in [-0.2, 0) is 19.1 Å². The minimum atomic E-state index is -0.707. The van der Waals surface area contributed by atoms with Gasteiger partial charge in [-0.1, -0.05) is 66.0 Å². The summed E-state index contributed by atoms with van der Waals surface area (Å²) in [5, 5.41) is 20.7. The third-order valence-corrected chi connectivity index (χ3v) is 6.42. The molecule has 6 nitrogen and oxygen atoms in total.